The molecule has 0 aliphatic heterocycles. The molecule has 0 bridgehead atoms. The predicted octanol–water partition coefficient (Wildman–Crippen LogP) is 6.86. The van der Waals surface area contributed by atoms with E-state index < -0.39 is 6.04 Å². The van der Waals surface area contributed by atoms with Crippen LogP contribution in [0, 0.1) is 0 Å². The molecule has 1 fully saturated rings. The van der Waals surface area contributed by atoms with Gasteiger partial charge in [-0.2, -0.15) is 0 Å². The van der Waals surface area contributed by atoms with Crippen LogP contribution in [-0.2, 0) is 21.9 Å². The topological polar surface area (TPSA) is 49.4 Å². The minimum Gasteiger partial charge on any atom is -0.352 e. The number of hydrogen-bond donors (Lipinski definition) is 1. The Labute approximate surface area is 218 Å². The lowest BCUT2D eigenvalue weighted by Gasteiger charge is -2.31. The van der Waals surface area contributed by atoms with Crippen molar-refractivity contribution in [2.75, 3.05) is 5.75 Å². The first-order chi connectivity index (χ1) is 15.9. The zero-order valence-electron chi connectivity index (χ0n) is 18.7. The summed E-state index contributed by atoms with van der Waals surface area (Å²) in [6, 6.07) is 13.1. The number of hydrogen-bond acceptors (Lipinski definition) is 3. The van der Waals surface area contributed by atoms with E-state index in [2.05, 4.69) is 21.2 Å². The summed E-state index contributed by atoms with van der Waals surface area (Å²) in [6.45, 7) is 2.26. The van der Waals surface area contributed by atoms with Gasteiger partial charge in [-0.3, -0.25) is 9.59 Å². The molecular weight excluding hydrogens is 543 g/mol. The van der Waals surface area contributed by atoms with E-state index >= 15 is 0 Å². The molecule has 1 atom stereocenters. The lowest BCUT2D eigenvalue weighted by atomic mass is 10.1. The fourth-order valence-electron chi connectivity index (χ4n) is 4.04. The normalized spacial score (nSPS) is 14.8. The highest BCUT2D eigenvalue weighted by Gasteiger charge is 2.30. The van der Waals surface area contributed by atoms with E-state index in [4.69, 9.17) is 23.2 Å². The van der Waals surface area contributed by atoms with Crippen LogP contribution in [0.2, 0.25) is 10.0 Å². The highest BCUT2D eigenvalue weighted by Crippen LogP contribution is 2.25. The Balaban J connectivity index is 1.71. The number of rotatable bonds is 10. The summed E-state index contributed by atoms with van der Waals surface area (Å²) in [4.78, 5) is 28.2. The first kappa shape index (κ1) is 26.4. The second kappa shape index (κ2) is 13.0. The Bertz CT molecular complexity index is 952. The van der Waals surface area contributed by atoms with E-state index in [0.717, 1.165) is 47.0 Å². The fourth-order valence-corrected chi connectivity index (χ4v) is 5.50. The van der Waals surface area contributed by atoms with E-state index in [9.17, 15) is 9.59 Å². The van der Waals surface area contributed by atoms with Crippen molar-refractivity contribution in [3.8, 4) is 0 Å². The van der Waals surface area contributed by atoms with Crippen molar-refractivity contribution in [1.82, 2.24) is 10.2 Å². The molecule has 1 aliphatic carbocycles. The maximum atomic E-state index is 13.3. The molecule has 2 aromatic rings. The molecule has 0 saturated heterocycles. The molecule has 2 amide bonds. The average Bonchev–Trinajstić information content (AvgIpc) is 3.30. The number of carbonyl (C=O) groups is 2. The molecule has 178 valence electrons. The molecule has 3 rings (SSSR count). The molecule has 0 unspecified atom stereocenters. The Hall–Kier alpha value is -1.21. The second-order valence-electron chi connectivity index (χ2n) is 8.30. The molecule has 0 spiro atoms. The van der Waals surface area contributed by atoms with Gasteiger partial charge < -0.3 is 10.2 Å². The van der Waals surface area contributed by atoms with Crippen LogP contribution in [0.3, 0.4) is 0 Å². The summed E-state index contributed by atoms with van der Waals surface area (Å²) in [5, 5.41) is 4.07. The van der Waals surface area contributed by atoms with Gasteiger partial charge in [-0.15, -0.1) is 11.8 Å². The maximum Gasteiger partial charge on any atom is 0.243 e. The van der Waals surface area contributed by atoms with Crippen LogP contribution in [0.25, 0.3) is 0 Å². The van der Waals surface area contributed by atoms with Crippen LogP contribution in [0.1, 0.15) is 50.2 Å². The first-order valence-corrected chi connectivity index (χ1v) is 13.9. The molecule has 4 nitrogen and oxygen atoms in total. The Morgan fingerprint density at radius 3 is 2.39 bits per heavy atom. The quantitative estimate of drug-likeness (QED) is 0.339. The summed E-state index contributed by atoms with van der Waals surface area (Å²) < 4.78 is 1.03. The number of carbonyl (C=O) groups excluding carboxylic acids is 2. The fraction of sp³-hybridized carbons (Fsp3) is 0.440. The number of halogens is 3. The largest absolute Gasteiger partial charge is 0.352 e. The Kier molecular flexibility index (Phi) is 10.4. The summed E-state index contributed by atoms with van der Waals surface area (Å²) in [6.07, 6.45) is 4.83. The van der Waals surface area contributed by atoms with Crippen molar-refractivity contribution in [2.45, 2.75) is 63.4 Å². The molecule has 1 aliphatic rings. The zero-order chi connectivity index (χ0) is 23.8. The first-order valence-electron chi connectivity index (χ1n) is 11.2. The predicted molar refractivity (Wildman–Crippen MR) is 142 cm³/mol. The Morgan fingerprint density at radius 2 is 1.76 bits per heavy atom. The van der Waals surface area contributed by atoms with Gasteiger partial charge in [0.05, 0.1) is 15.8 Å². The number of amides is 2. The van der Waals surface area contributed by atoms with E-state index in [1.165, 1.54) is 0 Å². The molecule has 2 aromatic carbocycles. The van der Waals surface area contributed by atoms with Crippen molar-refractivity contribution in [2.24, 2.45) is 0 Å². The molecule has 0 aromatic heterocycles. The van der Waals surface area contributed by atoms with Gasteiger partial charge in [0.15, 0.2) is 0 Å². The minimum atomic E-state index is -0.527. The van der Waals surface area contributed by atoms with E-state index in [0.29, 0.717) is 28.8 Å². The van der Waals surface area contributed by atoms with Crippen molar-refractivity contribution in [1.29, 1.82) is 0 Å². The highest BCUT2D eigenvalue weighted by atomic mass is 79.9. The van der Waals surface area contributed by atoms with Crippen LogP contribution in [0.15, 0.2) is 46.9 Å². The molecule has 0 radical (unpaired) electrons. The molecule has 0 heterocycles. The van der Waals surface area contributed by atoms with Crippen molar-refractivity contribution in [3.05, 3.63) is 68.1 Å². The van der Waals surface area contributed by atoms with Gasteiger partial charge in [-0.05, 0) is 54.7 Å². The van der Waals surface area contributed by atoms with Crippen LogP contribution >= 0.6 is 50.9 Å². The smallest absolute Gasteiger partial charge is 0.243 e. The number of nitrogens with zero attached hydrogens (tertiary/aromatic N) is 1. The highest BCUT2D eigenvalue weighted by molar-refractivity contribution is 9.10. The number of nitrogens with one attached hydrogen (secondary N) is 1. The maximum absolute atomic E-state index is 13.3. The molecular formula is C25H29BrCl2N2O2S. The molecule has 1 saturated carbocycles. The van der Waals surface area contributed by atoms with Crippen molar-refractivity contribution >= 4 is 62.7 Å². The third-order valence-corrected chi connectivity index (χ3v) is 8.09. The SMILES string of the molecule is CC[C@H](C(=O)NC1CCCC1)N(Cc1ccc(Cl)c(Cl)c1)C(=O)CSCc1ccc(Br)cc1. The summed E-state index contributed by atoms with van der Waals surface area (Å²) >= 11 is 17.3. The average molecular weight is 572 g/mol. The van der Waals surface area contributed by atoms with Crippen LogP contribution in [0.5, 0.6) is 0 Å². The molecule has 8 heteroatoms. The number of benzene rings is 2. The van der Waals surface area contributed by atoms with Crippen molar-refractivity contribution < 1.29 is 9.59 Å². The summed E-state index contributed by atoms with van der Waals surface area (Å²) in [7, 11) is 0. The van der Waals surface area contributed by atoms with Crippen molar-refractivity contribution in [3.63, 3.8) is 0 Å². The Morgan fingerprint density at radius 1 is 1.09 bits per heavy atom. The summed E-state index contributed by atoms with van der Waals surface area (Å²) in [5.74, 6) is 0.891. The number of thioether (sulfide) groups is 1. The van der Waals surface area contributed by atoms with Gasteiger partial charge in [0.1, 0.15) is 6.04 Å². The third kappa shape index (κ3) is 7.91. The van der Waals surface area contributed by atoms with Crippen LogP contribution < -0.4 is 5.32 Å². The second-order valence-corrected chi connectivity index (χ2v) is 11.0. The zero-order valence-corrected chi connectivity index (χ0v) is 22.6. The third-order valence-electron chi connectivity index (χ3n) is 5.83. The van der Waals surface area contributed by atoms with E-state index in [1.54, 1.807) is 28.8 Å². The van der Waals surface area contributed by atoms with Crippen LogP contribution in [0.4, 0.5) is 0 Å². The summed E-state index contributed by atoms with van der Waals surface area (Å²) in [5.41, 5.74) is 2.00. The minimum absolute atomic E-state index is 0.0587. The van der Waals surface area contributed by atoms with Gasteiger partial charge in [0.2, 0.25) is 11.8 Å². The van der Waals surface area contributed by atoms with Gasteiger partial charge in [0.25, 0.3) is 0 Å². The lowest BCUT2D eigenvalue weighted by Crippen LogP contribution is -2.51. The molecule has 1 N–H and O–H groups in total. The van der Waals surface area contributed by atoms with Gasteiger partial charge in [-0.1, -0.05) is 77.1 Å². The van der Waals surface area contributed by atoms with Gasteiger partial charge in [0, 0.05) is 22.8 Å². The van der Waals surface area contributed by atoms with E-state index in [1.807, 2.05) is 37.3 Å². The standard InChI is InChI=1S/C25H29BrCl2N2O2S/c1-2-23(25(32)29-20-5-3-4-6-20)30(14-18-9-12-21(27)22(28)13-18)24(31)16-33-15-17-7-10-19(26)11-8-17/h7-13,20,23H,2-6,14-16H2,1H3,(H,29,32)/t23-/m1/s1. The van der Waals surface area contributed by atoms with Crippen LogP contribution in [-0.4, -0.2) is 34.6 Å². The van der Waals surface area contributed by atoms with E-state index in [-0.39, 0.29) is 17.9 Å². The lowest BCUT2D eigenvalue weighted by molar-refractivity contribution is -0.139. The molecule has 33 heavy (non-hydrogen) atoms. The van der Waals surface area contributed by atoms with Gasteiger partial charge >= 0.3 is 0 Å². The monoisotopic (exact) mass is 570 g/mol. The van der Waals surface area contributed by atoms with Gasteiger partial charge in [-0.25, -0.2) is 0 Å².